The van der Waals surface area contributed by atoms with Crippen molar-refractivity contribution in [3.63, 3.8) is 0 Å². The number of carbonyl (C=O) groups excluding carboxylic acids is 1. The summed E-state index contributed by atoms with van der Waals surface area (Å²) in [6.45, 7) is 6.23. The SMILES string of the molecule is CCC(C)C(C)NC(=O)N1C2CCC1C(C(=O)O)C2. The number of amides is 2. The Kier molecular flexibility index (Phi) is 4.02. The highest BCUT2D eigenvalue weighted by atomic mass is 16.4. The molecule has 0 aliphatic carbocycles. The van der Waals surface area contributed by atoms with Crippen LogP contribution in [0.15, 0.2) is 0 Å². The van der Waals surface area contributed by atoms with Crippen molar-refractivity contribution in [2.75, 3.05) is 0 Å². The highest BCUT2D eigenvalue weighted by Crippen LogP contribution is 2.41. The van der Waals surface area contributed by atoms with Crippen molar-refractivity contribution in [1.29, 1.82) is 0 Å². The lowest BCUT2D eigenvalue weighted by Gasteiger charge is -2.27. The third-order valence-electron chi connectivity index (χ3n) is 4.94. The van der Waals surface area contributed by atoms with Crippen LogP contribution in [-0.4, -0.2) is 40.1 Å². The van der Waals surface area contributed by atoms with E-state index >= 15 is 0 Å². The lowest BCUT2D eigenvalue weighted by atomic mass is 9.89. The number of fused-ring (bicyclic) bond motifs is 2. The summed E-state index contributed by atoms with van der Waals surface area (Å²) in [7, 11) is 0. The number of nitrogens with one attached hydrogen (secondary N) is 1. The normalized spacial score (nSPS) is 32.2. The number of nitrogens with zero attached hydrogens (tertiary/aromatic N) is 1. The number of aliphatic carboxylic acids is 1. The summed E-state index contributed by atoms with van der Waals surface area (Å²) in [5, 5.41) is 12.2. The van der Waals surface area contributed by atoms with E-state index in [0.29, 0.717) is 12.3 Å². The highest BCUT2D eigenvalue weighted by molar-refractivity contribution is 5.79. The smallest absolute Gasteiger partial charge is 0.318 e. The Labute approximate surface area is 114 Å². The predicted octanol–water partition coefficient (Wildman–Crippen LogP) is 2.07. The van der Waals surface area contributed by atoms with Gasteiger partial charge in [0.25, 0.3) is 0 Å². The Hall–Kier alpha value is -1.26. The van der Waals surface area contributed by atoms with Crippen LogP contribution in [0.3, 0.4) is 0 Å². The molecule has 2 amide bonds. The van der Waals surface area contributed by atoms with E-state index in [4.69, 9.17) is 0 Å². The molecule has 0 aromatic rings. The first-order valence-corrected chi connectivity index (χ1v) is 7.27. The van der Waals surface area contributed by atoms with E-state index in [1.807, 2.05) is 6.92 Å². The van der Waals surface area contributed by atoms with Gasteiger partial charge in [0, 0.05) is 18.1 Å². The van der Waals surface area contributed by atoms with E-state index in [1.54, 1.807) is 4.90 Å². The van der Waals surface area contributed by atoms with Gasteiger partial charge in [-0.1, -0.05) is 20.3 Å². The highest BCUT2D eigenvalue weighted by Gasteiger charge is 2.51. The van der Waals surface area contributed by atoms with Gasteiger partial charge in [0.1, 0.15) is 0 Å². The molecule has 0 spiro atoms. The molecule has 2 heterocycles. The standard InChI is InChI=1S/C14H24N2O3/c1-4-8(2)9(3)15-14(19)16-10-5-6-12(16)11(7-10)13(17)18/h8-12H,4-7H2,1-3H3,(H,15,19)(H,17,18). The van der Waals surface area contributed by atoms with Crippen molar-refractivity contribution in [1.82, 2.24) is 10.2 Å². The van der Waals surface area contributed by atoms with Crippen LogP contribution in [0.4, 0.5) is 4.79 Å². The number of hydrogen-bond acceptors (Lipinski definition) is 2. The van der Waals surface area contributed by atoms with Crippen LogP contribution >= 0.6 is 0 Å². The number of carboxylic acids is 1. The van der Waals surface area contributed by atoms with E-state index in [-0.39, 0.29) is 30.1 Å². The van der Waals surface area contributed by atoms with Crippen LogP contribution in [0, 0.1) is 11.8 Å². The largest absolute Gasteiger partial charge is 0.481 e. The fourth-order valence-corrected chi connectivity index (χ4v) is 3.34. The zero-order chi connectivity index (χ0) is 14.2. The molecule has 2 N–H and O–H groups in total. The van der Waals surface area contributed by atoms with Gasteiger partial charge in [0.2, 0.25) is 0 Å². The Morgan fingerprint density at radius 3 is 2.58 bits per heavy atom. The first-order valence-electron chi connectivity index (χ1n) is 7.27. The van der Waals surface area contributed by atoms with Gasteiger partial charge in [0.15, 0.2) is 0 Å². The van der Waals surface area contributed by atoms with E-state index in [2.05, 4.69) is 19.2 Å². The van der Waals surface area contributed by atoms with Crippen LogP contribution in [0.2, 0.25) is 0 Å². The molecule has 5 unspecified atom stereocenters. The van der Waals surface area contributed by atoms with Crippen molar-refractivity contribution >= 4 is 12.0 Å². The molecule has 2 saturated heterocycles. The Balaban J connectivity index is 1.99. The molecular formula is C14H24N2O3. The molecule has 2 aliphatic heterocycles. The second-order valence-electron chi connectivity index (χ2n) is 6.01. The third-order valence-corrected chi connectivity index (χ3v) is 4.94. The second kappa shape index (κ2) is 5.39. The number of rotatable bonds is 4. The van der Waals surface area contributed by atoms with Gasteiger partial charge < -0.3 is 15.3 Å². The van der Waals surface area contributed by atoms with E-state index in [1.165, 1.54) is 0 Å². The molecule has 5 heteroatoms. The minimum atomic E-state index is -0.764. The molecule has 0 aromatic heterocycles. The quantitative estimate of drug-likeness (QED) is 0.820. The van der Waals surface area contributed by atoms with Crippen LogP contribution in [0.1, 0.15) is 46.5 Å². The summed E-state index contributed by atoms with van der Waals surface area (Å²) in [6.07, 6.45) is 3.41. The number of carbonyl (C=O) groups is 2. The zero-order valence-electron chi connectivity index (χ0n) is 11.9. The molecule has 2 rings (SSSR count). The molecule has 5 nitrogen and oxygen atoms in total. The maximum atomic E-state index is 12.3. The molecule has 0 radical (unpaired) electrons. The average molecular weight is 268 g/mol. The van der Waals surface area contributed by atoms with Crippen LogP contribution in [-0.2, 0) is 4.79 Å². The van der Waals surface area contributed by atoms with Gasteiger partial charge in [-0.2, -0.15) is 0 Å². The fraction of sp³-hybridized carbons (Fsp3) is 0.857. The molecule has 108 valence electrons. The van der Waals surface area contributed by atoms with Crippen LogP contribution in [0.25, 0.3) is 0 Å². The van der Waals surface area contributed by atoms with Gasteiger partial charge in [-0.15, -0.1) is 0 Å². The average Bonchev–Trinajstić information content (AvgIpc) is 2.94. The topological polar surface area (TPSA) is 69.6 Å². The van der Waals surface area contributed by atoms with Crippen LogP contribution in [0.5, 0.6) is 0 Å². The van der Waals surface area contributed by atoms with Gasteiger partial charge in [-0.3, -0.25) is 4.79 Å². The van der Waals surface area contributed by atoms with Crippen molar-refractivity contribution in [2.24, 2.45) is 11.8 Å². The van der Waals surface area contributed by atoms with Crippen LogP contribution < -0.4 is 5.32 Å². The fourth-order valence-electron chi connectivity index (χ4n) is 3.34. The molecule has 0 aromatic carbocycles. The molecular weight excluding hydrogens is 244 g/mol. The summed E-state index contributed by atoms with van der Waals surface area (Å²) >= 11 is 0. The van der Waals surface area contributed by atoms with E-state index in [0.717, 1.165) is 19.3 Å². The van der Waals surface area contributed by atoms with Crippen molar-refractivity contribution in [3.05, 3.63) is 0 Å². The van der Waals surface area contributed by atoms with E-state index < -0.39 is 5.97 Å². The summed E-state index contributed by atoms with van der Waals surface area (Å²) in [6, 6.07) is 0.0618. The molecule has 19 heavy (non-hydrogen) atoms. The minimum Gasteiger partial charge on any atom is -0.481 e. The Morgan fingerprint density at radius 1 is 1.37 bits per heavy atom. The minimum absolute atomic E-state index is 0.0796. The second-order valence-corrected chi connectivity index (χ2v) is 6.01. The first-order chi connectivity index (χ1) is 8.95. The maximum Gasteiger partial charge on any atom is 0.318 e. The number of carboxylic acid groups (broad SMARTS) is 1. The van der Waals surface area contributed by atoms with Crippen molar-refractivity contribution < 1.29 is 14.7 Å². The van der Waals surface area contributed by atoms with E-state index in [9.17, 15) is 14.7 Å². The summed E-state index contributed by atoms with van der Waals surface area (Å²) in [4.78, 5) is 25.3. The lowest BCUT2D eigenvalue weighted by molar-refractivity contribution is -0.142. The van der Waals surface area contributed by atoms with Crippen molar-refractivity contribution in [3.8, 4) is 0 Å². The molecule has 0 saturated carbocycles. The summed E-state index contributed by atoms with van der Waals surface area (Å²) < 4.78 is 0. The van der Waals surface area contributed by atoms with Gasteiger partial charge in [0.05, 0.1) is 5.92 Å². The van der Waals surface area contributed by atoms with Gasteiger partial charge in [-0.05, 0) is 32.1 Å². The number of hydrogen-bond donors (Lipinski definition) is 2. The Morgan fingerprint density at radius 2 is 2.05 bits per heavy atom. The van der Waals surface area contributed by atoms with Gasteiger partial charge >= 0.3 is 12.0 Å². The first kappa shape index (κ1) is 14.2. The third kappa shape index (κ3) is 2.55. The monoisotopic (exact) mass is 268 g/mol. The summed E-state index contributed by atoms with van der Waals surface area (Å²) in [5.41, 5.74) is 0. The molecule has 2 aliphatic rings. The van der Waals surface area contributed by atoms with Gasteiger partial charge in [-0.25, -0.2) is 4.79 Å². The molecule has 2 fully saturated rings. The molecule has 2 bridgehead atoms. The predicted molar refractivity (Wildman–Crippen MR) is 71.8 cm³/mol. The summed E-state index contributed by atoms with van der Waals surface area (Å²) in [5.74, 6) is -0.706. The molecule has 5 atom stereocenters. The number of urea groups is 1. The van der Waals surface area contributed by atoms with Crippen molar-refractivity contribution in [2.45, 2.75) is 64.6 Å². The lowest BCUT2D eigenvalue weighted by Crippen LogP contribution is -2.48. The zero-order valence-corrected chi connectivity index (χ0v) is 11.9. The Bertz CT molecular complexity index is 372. The maximum absolute atomic E-state index is 12.3.